The summed E-state index contributed by atoms with van der Waals surface area (Å²) < 4.78 is 17.9. The van der Waals surface area contributed by atoms with Gasteiger partial charge in [-0.3, -0.25) is 14.8 Å². The highest BCUT2D eigenvalue weighted by Gasteiger charge is 2.24. The number of rotatable bonds is 8. The fraction of sp³-hybridized carbons (Fsp3) is 0.188. The van der Waals surface area contributed by atoms with E-state index in [0.29, 0.717) is 23.3 Å². The number of benzene rings is 2. The van der Waals surface area contributed by atoms with Crippen LogP contribution in [0.3, 0.4) is 0 Å². The molecular weight excluding hydrogens is 561 g/mol. The topological polar surface area (TPSA) is 124 Å². The molecule has 220 valence electrons. The number of aromatic nitrogens is 6. The summed E-state index contributed by atoms with van der Waals surface area (Å²) in [4.78, 5) is 19.4. The maximum absolute atomic E-state index is 14.7. The first kappa shape index (κ1) is 28.5. The number of hydrogen-bond acceptors (Lipinski definition) is 7. The maximum Gasteiger partial charge on any atom is 0.159 e. The standard InChI is InChI=1S/C32H34FN9S/c1-19(28-15-35-16-29(37-28)42-17-24(34)18-42)9-10-26-20(2)30(41-40-26)32-38-27-8-6-7-25(31(27)39-32)22-11-21(12-23(33)13-22)14-36-43(3,4)5/h6-13,15-16,24,36,40H,2-4,14,17-18,34H2,1,5H3,(H,38,39)/b19-9+,26-10+. The van der Waals surface area contributed by atoms with Gasteiger partial charge in [0.05, 0.1) is 34.5 Å². The third kappa shape index (κ3) is 6.14. The zero-order valence-corrected chi connectivity index (χ0v) is 25.0. The van der Waals surface area contributed by atoms with E-state index in [-0.39, 0.29) is 11.9 Å². The lowest BCUT2D eigenvalue weighted by atomic mass is 10.0. The molecule has 0 saturated carbocycles. The lowest BCUT2D eigenvalue weighted by molar-refractivity contribution is 0.513. The second kappa shape index (κ2) is 11.3. The molecule has 0 amide bonds. The second-order valence-electron chi connectivity index (χ2n) is 11.1. The highest BCUT2D eigenvalue weighted by molar-refractivity contribution is 8.25. The van der Waals surface area contributed by atoms with Gasteiger partial charge in [0, 0.05) is 36.5 Å². The number of para-hydroxylation sites is 1. The Hall–Kier alpha value is -4.58. The Bertz CT molecular complexity index is 2090. The molecule has 5 aromatic rings. The van der Waals surface area contributed by atoms with Crippen LogP contribution in [0.25, 0.3) is 51.9 Å². The Morgan fingerprint density at radius 2 is 2.02 bits per heavy atom. The summed E-state index contributed by atoms with van der Waals surface area (Å²) in [5, 5.41) is 9.02. The Labute approximate surface area is 249 Å². The van der Waals surface area contributed by atoms with Crippen molar-refractivity contribution >= 4 is 56.2 Å². The van der Waals surface area contributed by atoms with Gasteiger partial charge in [0.15, 0.2) is 5.82 Å². The molecular formula is C32H34FN9S. The summed E-state index contributed by atoms with van der Waals surface area (Å²) >= 11 is 0. The summed E-state index contributed by atoms with van der Waals surface area (Å²) in [6.45, 7) is 8.29. The van der Waals surface area contributed by atoms with Crippen molar-refractivity contribution < 1.29 is 4.39 Å². The minimum Gasteiger partial charge on any atom is -0.352 e. The number of fused-ring (bicyclic) bond motifs is 1. The van der Waals surface area contributed by atoms with Crippen LogP contribution in [0.2, 0.25) is 0 Å². The van der Waals surface area contributed by atoms with E-state index < -0.39 is 9.39 Å². The van der Waals surface area contributed by atoms with E-state index in [1.807, 2.05) is 49.6 Å². The molecule has 43 heavy (non-hydrogen) atoms. The van der Waals surface area contributed by atoms with E-state index in [2.05, 4.69) is 48.1 Å². The van der Waals surface area contributed by atoms with Gasteiger partial charge in [-0.1, -0.05) is 36.5 Å². The van der Waals surface area contributed by atoms with E-state index >= 15 is 0 Å². The van der Waals surface area contributed by atoms with Crippen LogP contribution in [0.1, 0.15) is 18.2 Å². The van der Waals surface area contributed by atoms with Crippen LogP contribution in [0.4, 0.5) is 10.2 Å². The van der Waals surface area contributed by atoms with Crippen LogP contribution in [-0.2, 0) is 6.54 Å². The summed E-state index contributed by atoms with van der Waals surface area (Å²) in [6, 6.07) is 11.0. The zero-order chi connectivity index (χ0) is 30.3. The maximum atomic E-state index is 14.7. The Balaban J connectivity index is 1.30. The van der Waals surface area contributed by atoms with E-state index in [1.165, 1.54) is 12.1 Å². The number of allylic oxidation sites excluding steroid dienone is 2. The van der Waals surface area contributed by atoms with Crippen molar-refractivity contribution in [2.24, 2.45) is 5.73 Å². The van der Waals surface area contributed by atoms with Crippen molar-refractivity contribution in [3.8, 4) is 22.6 Å². The zero-order valence-electron chi connectivity index (χ0n) is 24.2. The fourth-order valence-electron chi connectivity index (χ4n) is 4.95. The van der Waals surface area contributed by atoms with Crippen molar-refractivity contribution in [3.63, 3.8) is 0 Å². The van der Waals surface area contributed by atoms with Crippen molar-refractivity contribution in [1.82, 2.24) is 34.9 Å². The number of nitrogens with two attached hydrogens (primary N) is 1. The molecule has 6 rings (SSSR count). The molecule has 4 heterocycles. The first-order valence-corrected chi connectivity index (χ1v) is 16.1. The largest absolute Gasteiger partial charge is 0.352 e. The summed E-state index contributed by atoms with van der Waals surface area (Å²) in [5.74, 6) is 9.17. The molecule has 1 saturated heterocycles. The Morgan fingerprint density at radius 1 is 1.21 bits per heavy atom. The van der Waals surface area contributed by atoms with Gasteiger partial charge in [0.25, 0.3) is 0 Å². The number of imidazole rings is 1. The van der Waals surface area contributed by atoms with Gasteiger partial charge in [-0.2, -0.15) is 14.5 Å². The van der Waals surface area contributed by atoms with Gasteiger partial charge >= 0.3 is 0 Å². The van der Waals surface area contributed by atoms with Crippen molar-refractivity contribution in [2.45, 2.75) is 19.5 Å². The van der Waals surface area contributed by atoms with Crippen molar-refractivity contribution in [3.05, 3.63) is 82.5 Å². The molecule has 11 heteroatoms. The third-order valence-corrected chi connectivity index (χ3v) is 8.13. The summed E-state index contributed by atoms with van der Waals surface area (Å²) in [5.41, 5.74) is 12.2. The van der Waals surface area contributed by atoms with Gasteiger partial charge in [-0.25, -0.2) is 14.4 Å². The minimum absolute atomic E-state index is 0.186. The highest BCUT2D eigenvalue weighted by atomic mass is 32.2. The summed E-state index contributed by atoms with van der Waals surface area (Å²) in [7, 11) is -1.43. The van der Waals surface area contributed by atoms with Crippen LogP contribution in [0.5, 0.6) is 0 Å². The predicted molar refractivity (Wildman–Crippen MR) is 179 cm³/mol. The lowest BCUT2D eigenvalue weighted by Gasteiger charge is -2.37. The van der Waals surface area contributed by atoms with E-state index in [4.69, 9.17) is 15.7 Å². The first-order chi connectivity index (χ1) is 20.5. The molecule has 0 spiro atoms. The number of hydrogen-bond donors (Lipinski definition) is 4. The molecule has 9 nitrogen and oxygen atoms in total. The van der Waals surface area contributed by atoms with Crippen LogP contribution < -0.4 is 25.9 Å². The monoisotopic (exact) mass is 595 g/mol. The normalized spacial score (nSPS) is 14.9. The number of halogens is 1. The Morgan fingerprint density at radius 3 is 2.79 bits per heavy atom. The molecule has 0 aliphatic carbocycles. The van der Waals surface area contributed by atoms with Gasteiger partial charge in [-0.15, -0.1) is 0 Å². The molecule has 1 aliphatic rings. The number of H-pyrrole nitrogens is 2. The number of nitrogens with zero attached hydrogens (tertiary/aromatic N) is 5. The van der Waals surface area contributed by atoms with Gasteiger partial charge in [0.1, 0.15) is 17.3 Å². The van der Waals surface area contributed by atoms with Gasteiger partial charge in [0.2, 0.25) is 0 Å². The lowest BCUT2D eigenvalue weighted by Crippen LogP contribution is -2.56. The highest BCUT2D eigenvalue weighted by Crippen LogP contribution is 2.30. The molecule has 2 aromatic carbocycles. The van der Waals surface area contributed by atoms with E-state index in [0.717, 1.165) is 63.2 Å². The van der Waals surface area contributed by atoms with E-state index in [1.54, 1.807) is 12.4 Å². The second-order valence-corrected chi connectivity index (χ2v) is 14.0. The molecule has 0 atom stereocenters. The van der Waals surface area contributed by atoms with Crippen LogP contribution >= 0.6 is 9.39 Å². The number of nitrogens with one attached hydrogen (secondary N) is 3. The van der Waals surface area contributed by atoms with Gasteiger partial charge < -0.3 is 15.6 Å². The molecule has 0 unspecified atom stereocenters. The first-order valence-electron chi connectivity index (χ1n) is 13.8. The quantitative estimate of drug-likeness (QED) is 0.203. The average Bonchev–Trinajstić information content (AvgIpc) is 3.55. The summed E-state index contributed by atoms with van der Waals surface area (Å²) in [6.07, 6.45) is 9.33. The van der Waals surface area contributed by atoms with Gasteiger partial charge in [-0.05, 0) is 60.2 Å². The van der Waals surface area contributed by atoms with Crippen molar-refractivity contribution in [2.75, 3.05) is 24.2 Å². The predicted octanol–water partition coefficient (Wildman–Crippen LogP) is 3.29. The van der Waals surface area contributed by atoms with Crippen LogP contribution in [0.15, 0.2) is 54.9 Å². The molecule has 5 N–H and O–H groups in total. The van der Waals surface area contributed by atoms with Crippen LogP contribution in [-0.4, -0.2) is 67.3 Å². The molecule has 0 radical (unpaired) electrons. The third-order valence-electron chi connectivity index (χ3n) is 7.29. The Kier molecular flexibility index (Phi) is 7.47. The smallest absolute Gasteiger partial charge is 0.159 e. The minimum atomic E-state index is -1.43. The van der Waals surface area contributed by atoms with E-state index in [9.17, 15) is 4.39 Å². The molecule has 1 fully saturated rings. The average molecular weight is 596 g/mol. The number of anilines is 1. The SMILES string of the molecule is C=c1c(-c2nc3c(-c4cc(F)cc(CNS(=C)(=C)C)c4)cccc3[nH]2)n[nH]/c1=C/C=C(\C)c1cncc(N2CC(N)C2)n1. The molecule has 1 aliphatic heterocycles. The molecule has 0 bridgehead atoms. The van der Waals surface area contributed by atoms with Crippen molar-refractivity contribution in [1.29, 1.82) is 0 Å². The van der Waals surface area contributed by atoms with Crippen LogP contribution in [0, 0.1) is 5.82 Å². The fourth-order valence-corrected chi connectivity index (χ4v) is 5.46. The molecule has 3 aromatic heterocycles. The number of aromatic amines is 2.